The molecule has 0 aliphatic carbocycles. The lowest BCUT2D eigenvalue weighted by atomic mass is 10.2. The van der Waals surface area contributed by atoms with Crippen LogP contribution in [-0.4, -0.2) is 19.0 Å². The molecular formula is C13H11FN2O2. The summed E-state index contributed by atoms with van der Waals surface area (Å²) < 4.78 is 18.6. The highest BCUT2D eigenvalue weighted by molar-refractivity contribution is 5.79. The number of hydrogen-bond donors (Lipinski definition) is 2. The summed E-state index contributed by atoms with van der Waals surface area (Å²) in [5.41, 5.74) is 5.30. The zero-order valence-electron chi connectivity index (χ0n) is 9.50. The molecule has 2 aromatic rings. The van der Waals surface area contributed by atoms with E-state index in [2.05, 4.69) is 17.2 Å². The number of carbonyl (C=O) groups is 1. The quantitative estimate of drug-likeness (QED) is 0.777. The molecule has 92 valence electrons. The fraction of sp³-hybridized carbons (Fsp3) is 0.154. The predicted molar refractivity (Wildman–Crippen MR) is 65.1 cm³/mol. The van der Waals surface area contributed by atoms with Gasteiger partial charge in [0.15, 0.2) is 17.2 Å². The normalized spacial score (nSPS) is 9.89. The average molecular weight is 246 g/mol. The van der Waals surface area contributed by atoms with Gasteiger partial charge < -0.3 is 15.5 Å². The molecule has 2 rings (SSSR count). The van der Waals surface area contributed by atoms with E-state index in [9.17, 15) is 9.18 Å². The van der Waals surface area contributed by atoms with Crippen molar-refractivity contribution in [3.8, 4) is 11.8 Å². The molecule has 4 nitrogen and oxygen atoms in total. The van der Waals surface area contributed by atoms with Gasteiger partial charge in [0.25, 0.3) is 0 Å². The van der Waals surface area contributed by atoms with Gasteiger partial charge in [-0.1, -0.05) is 18.1 Å². The monoisotopic (exact) mass is 246 g/mol. The molecule has 0 aliphatic heterocycles. The van der Waals surface area contributed by atoms with Crippen LogP contribution in [0.4, 0.5) is 4.39 Å². The highest BCUT2D eigenvalue weighted by Crippen LogP contribution is 2.21. The minimum absolute atomic E-state index is 0.0719. The molecule has 3 N–H and O–H groups in total. The zero-order chi connectivity index (χ0) is 13.0. The zero-order valence-corrected chi connectivity index (χ0v) is 9.50. The lowest BCUT2D eigenvalue weighted by Crippen LogP contribution is -2.30. The third-order valence-electron chi connectivity index (χ3n) is 2.27. The van der Waals surface area contributed by atoms with E-state index in [4.69, 9.17) is 10.2 Å². The molecule has 0 bridgehead atoms. The number of halogens is 1. The predicted octanol–water partition coefficient (Wildman–Crippen LogP) is 0.998. The van der Waals surface area contributed by atoms with Crippen molar-refractivity contribution in [2.24, 2.45) is 5.73 Å². The van der Waals surface area contributed by atoms with Crippen LogP contribution in [0, 0.1) is 17.7 Å². The summed E-state index contributed by atoms with van der Waals surface area (Å²) in [5, 5.41) is 3.15. The standard InChI is InChI=1S/C13H11FN2O2/c14-11-5-1-3-9-7-10(18-13(9)11)4-2-6-16-12(17)8-15/h1,3,5,7H,6,8,15H2,(H,16,17). The van der Waals surface area contributed by atoms with Gasteiger partial charge in [-0.25, -0.2) is 4.39 Å². The summed E-state index contributed by atoms with van der Waals surface area (Å²) in [6.45, 7) is 0.104. The number of amides is 1. The van der Waals surface area contributed by atoms with Crippen molar-refractivity contribution in [3.05, 3.63) is 35.8 Å². The first-order valence-electron chi connectivity index (χ1n) is 5.34. The minimum Gasteiger partial charge on any atom is -0.445 e. The second kappa shape index (κ2) is 5.34. The van der Waals surface area contributed by atoms with Crippen LogP contribution in [-0.2, 0) is 4.79 Å². The summed E-state index contributed by atoms with van der Waals surface area (Å²) in [5.74, 6) is 5.06. The molecule has 5 heteroatoms. The first kappa shape index (κ1) is 12.1. The van der Waals surface area contributed by atoms with Crippen LogP contribution >= 0.6 is 0 Å². The highest BCUT2D eigenvalue weighted by Gasteiger charge is 2.05. The highest BCUT2D eigenvalue weighted by atomic mass is 19.1. The Balaban J connectivity index is 2.11. The number of furan rings is 1. The summed E-state index contributed by atoms with van der Waals surface area (Å²) in [6, 6.07) is 6.32. The molecule has 0 radical (unpaired) electrons. The maximum Gasteiger partial charge on any atom is 0.234 e. The Bertz CT molecular complexity index is 637. The van der Waals surface area contributed by atoms with Crippen LogP contribution in [0.2, 0.25) is 0 Å². The number of carbonyl (C=O) groups excluding carboxylic acids is 1. The van der Waals surface area contributed by atoms with Crippen LogP contribution in [0.1, 0.15) is 5.76 Å². The molecule has 0 unspecified atom stereocenters. The number of nitrogens with two attached hydrogens (primary N) is 1. The summed E-state index contributed by atoms with van der Waals surface area (Å²) in [4.78, 5) is 10.8. The molecule has 1 aromatic heterocycles. The molecule has 0 saturated carbocycles. The van der Waals surface area contributed by atoms with Crippen LogP contribution in [0.25, 0.3) is 11.0 Å². The molecule has 0 spiro atoms. The smallest absolute Gasteiger partial charge is 0.234 e. The number of hydrogen-bond acceptors (Lipinski definition) is 3. The third kappa shape index (κ3) is 2.67. The Morgan fingerprint density at radius 3 is 3.06 bits per heavy atom. The summed E-state index contributed by atoms with van der Waals surface area (Å²) >= 11 is 0. The molecular weight excluding hydrogens is 235 g/mol. The molecule has 0 aliphatic rings. The van der Waals surface area contributed by atoms with Gasteiger partial charge >= 0.3 is 0 Å². The van der Waals surface area contributed by atoms with E-state index in [0.29, 0.717) is 11.1 Å². The largest absolute Gasteiger partial charge is 0.445 e. The Hall–Kier alpha value is -2.32. The van der Waals surface area contributed by atoms with Gasteiger partial charge in [-0.15, -0.1) is 0 Å². The van der Waals surface area contributed by atoms with Crippen molar-refractivity contribution >= 4 is 16.9 Å². The minimum atomic E-state index is -0.419. The van der Waals surface area contributed by atoms with Gasteiger partial charge in [-0.3, -0.25) is 4.79 Å². The van der Waals surface area contributed by atoms with Gasteiger partial charge in [0.2, 0.25) is 5.91 Å². The second-order valence-corrected chi connectivity index (χ2v) is 3.55. The SMILES string of the molecule is NCC(=O)NCC#Cc1cc2cccc(F)c2o1. The molecule has 1 aromatic carbocycles. The lowest BCUT2D eigenvalue weighted by molar-refractivity contribution is -0.119. The van der Waals surface area contributed by atoms with E-state index < -0.39 is 5.82 Å². The van der Waals surface area contributed by atoms with Crippen LogP contribution < -0.4 is 11.1 Å². The van der Waals surface area contributed by atoms with Gasteiger partial charge in [0, 0.05) is 11.5 Å². The van der Waals surface area contributed by atoms with E-state index in [1.807, 2.05) is 0 Å². The molecule has 0 fully saturated rings. The summed E-state index contributed by atoms with van der Waals surface area (Å²) in [7, 11) is 0. The number of benzene rings is 1. The first-order chi connectivity index (χ1) is 8.70. The number of rotatable bonds is 2. The molecule has 1 heterocycles. The van der Waals surface area contributed by atoms with Crippen LogP contribution in [0.5, 0.6) is 0 Å². The van der Waals surface area contributed by atoms with Crippen molar-refractivity contribution in [1.29, 1.82) is 0 Å². The van der Waals surface area contributed by atoms with Gasteiger partial charge in [-0.2, -0.15) is 0 Å². The number of para-hydroxylation sites is 1. The molecule has 1 amide bonds. The fourth-order valence-corrected chi connectivity index (χ4v) is 1.44. The van der Waals surface area contributed by atoms with Gasteiger partial charge in [0.05, 0.1) is 13.1 Å². The Labute approximate surface area is 103 Å². The fourth-order valence-electron chi connectivity index (χ4n) is 1.44. The van der Waals surface area contributed by atoms with Crippen molar-refractivity contribution in [2.45, 2.75) is 0 Å². The second-order valence-electron chi connectivity index (χ2n) is 3.55. The van der Waals surface area contributed by atoms with E-state index in [1.165, 1.54) is 6.07 Å². The number of fused-ring (bicyclic) bond motifs is 1. The Morgan fingerprint density at radius 2 is 2.33 bits per heavy atom. The van der Waals surface area contributed by atoms with Crippen molar-refractivity contribution in [3.63, 3.8) is 0 Å². The molecule has 0 saturated heterocycles. The number of nitrogens with one attached hydrogen (secondary N) is 1. The molecule has 18 heavy (non-hydrogen) atoms. The lowest BCUT2D eigenvalue weighted by Gasteiger charge is -1.94. The average Bonchev–Trinajstić information content (AvgIpc) is 2.79. The van der Waals surface area contributed by atoms with Gasteiger partial charge in [0.1, 0.15) is 0 Å². The molecule has 0 atom stereocenters. The van der Waals surface area contributed by atoms with Crippen LogP contribution in [0.3, 0.4) is 0 Å². The van der Waals surface area contributed by atoms with Crippen molar-refractivity contribution in [1.82, 2.24) is 5.32 Å². The summed E-state index contributed by atoms with van der Waals surface area (Å²) in [6.07, 6.45) is 0. The first-order valence-corrected chi connectivity index (χ1v) is 5.34. The Morgan fingerprint density at radius 1 is 1.50 bits per heavy atom. The van der Waals surface area contributed by atoms with E-state index >= 15 is 0 Å². The van der Waals surface area contributed by atoms with Crippen molar-refractivity contribution < 1.29 is 13.6 Å². The maximum atomic E-state index is 13.3. The van der Waals surface area contributed by atoms with E-state index in [0.717, 1.165) is 0 Å². The maximum absolute atomic E-state index is 13.3. The third-order valence-corrected chi connectivity index (χ3v) is 2.27. The topological polar surface area (TPSA) is 68.3 Å². The van der Waals surface area contributed by atoms with E-state index in [-0.39, 0.29) is 24.6 Å². The van der Waals surface area contributed by atoms with Gasteiger partial charge in [-0.05, 0) is 12.0 Å². The van der Waals surface area contributed by atoms with Crippen LogP contribution in [0.15, 0.2) is 28.7 Å². The van der Waals surface area contributed by atoms with Crippen molar-refractivity contribution in [2.75, 3.05) is 13.1 Å². The van der Waals surface area contributed by atoms with E-state index in [1.54, 1.807) is 18.2 Å². The Kier molecular flexibility index (Phi) is 3.60.